The first-order chi connectivity index (χ1) is 12.4. The molecule has 0 saturated heterocycles. The van der Waals surface area contributed by atoms with E-state index in [1.165, 1.54) is 6.07 Å². The molecule has 1 aliphatic rings. The molecule has 0 amide bonds. The van der Waals surface area contributed by atoms with E-state index < -0.39 is 21.5 Å². The maximum absolute atomic E-state index is 13.5. The molecule has 1 aliphatic heterocycles. The molecule has 3 aromatic rings. The van der Waals surface area contributed by atoms with E-state index in [0.29, 0.717) is 6.07 Å². The van der Waals surface area contributed by atoms with Gasteiger partial charge in [0.15, 0.2) is 0 Å². The summed E-state index contributed by atoms with van der Waals surface area (Å²) in [5.74, 6) is -1.61. The number of halogens is 2. The fourth-order valence-electron chi connectivity index (χ4n) is 3.63. The highest BCUT2D eigenvalue weighted by atomic mass is 32.2. The number of benzene rings is 2. The molecule has 2 N–H and O–H groups in total. The Bertz CT molecular complexity index is 1090. The third kappa shape index (κ3) is 2.81. The van der Waals surface area contributed by atoms with Crippen molar-refractivity contribution in [3.8, 4) is 0 Å². The highest BCUT2D eigenvalue weighted by Gasteiger charge is 2.24. The number of aromatic nitrogens is 1. The van der Waals surface area contributed by atoms with Crippen LogP contribution in [0.2, 0.25) is 0 Å². The fourth-order valence-corrected chi connectivity index (χ4v) is 4.96. The fraction of sp³-hybridized carbons (Fsp3) is 0.263. The van der Waals surface area contributed by atoms with E-state index in [1.54, 1.807) is 12.1 Å². The lowest BCUT2D eigenvalue weighted by atomic mass is 9.98. The van der Waals surface area contributed by atoms with Crippen LogP contribution in [-0.2, 0) is 16.3 Å². The Morgan fingerprint density at radius 1 is 1.04 bits per heavy atom. The summed E-state index contributed by atoms with van der Waals surface area (Å²) in [7, 11) is -4.02. The summed E-state index contributed by atoms with van der Waals surface area (Å²) in [6, 6.07) is 7.12. The van der Waals surface area contributed by atoms with Crippen molar-refractivity contribution in [2.24, 2.45) is 0 Å². The Labute approximate surface area is 150 Å². The van der Waals surface area contributed by atoms with Gasteiger partial charge in [0.05, 0.1) is 9.79 Å². The molecule has 4 rings (SSSR count). The van der Waals surface area contributed by atoms with E-state index in [9.17, 15) is 17.2 Å². The average Bonchev–Trinajstić information content (AvgIpc) is 2.85. The summed E-state index contributed by atoms with van der Waals surface area (Å²) in [5, 5.41) is 4.20. The van der Waals surface area contributed by atoms with Gasteiger partial charge < -0.3 is 10.3 Å². The normalized spacial score (nSPS) is 17.9. The molecule has 0 bridgehead atoms. The molecule has 2 aromatic carbocycles. The van der Waals surface area contributed by atoms with E-state index in [-0.39, 0.29) is 15.7 Å². The van der Waals surface area contributed by atoms with Gasteiger partial charge in [-0.25, -0.2) is 17.2 Å². The standard InChI is InChI=1S/C19H18F2N2O2S/c1-11-10-22-5-4-18-19(11)16-9-14(2-3-17(16)23-18)26(24,25)15-7-12(20)6-13(21)8-15/h2-3,6-9,11,22-23H,4-5,10H2,1H3. The van der Waals surface area contributed by atoms with Crippen LogP contribution < -0.4 is 5.32 Å². The Morgan fingerprint density at radius 2 is 1.77 bits per heavy atom. The lowest BCUT2D eigenvalue weighted by Crippen LogP contribution is -2.18. The van der Waals surface area contributed by atoms with Crippen LogP contribution in [0.1, 0.15) is 24.1 Å². The first kappa shape index (κ1) is 17.2. The van der Waals surface area contributed by atoms with Gasteiger partial charge in [0, 0.05) is 42.2 Å². The van der Waals surface area contributed by atoms with E-state index in [4.69, 9.17) is 0 Å². The van der Waals surface area contributed by atoms with Crippen LogP contribution in [0.3, 0.4) is 0 Å². The second kappa shape index (κ2) is 6.17. The lowest BCUT2D eigenvalue weighted by molar-refractivity contribution is 0.567. The Kier molecular flexibility index (Phi) is 4.08. The minimum Gasteiger partial charge on any atom is -0.358 e. The first-order valence-electron chi connectivity index (χ1n) is 8.42. The molecule has 26 heavy (non-hydrogen) atoms. The van der Waals surface area contributed by atoms with Gasteiger partial charge in [0.2, 0.25) is 9.84 Å². The molecule has 0 spiro atoms. The van der Waals surface area contributed by atoms with Crippen LogP contribution in [0.25, 0.3) is 10.9 Å². The molecular weight excluding hydrogens is 358 g/mol. The smallest absolute Gasteiger partial charge is 0.206 e. The van der Waals surface area contributed by atoms with Gasteiger partial charge in [-0.05, 0) is 41.8 Å². The van der Waals surface area contributed by atoms with Gasteiger partial charge in [0.1, 0.15) is 11.6 Å². The van der Waals surface area contributed by atoms with Crippen molar-refractivity contribution >= 4 is 20.7 Å². The number of nitrogens with one attached hydrogen (secondary N) is 2. The van der Waals surface area contributed by atoms with Crippen molar-refractivity contribution in [1.82, 2.24) is 10.3 Å². The zero-order valence-electron chi connectivity index (χ0n) is 14.1. The third-order valence-corrected chi connectivity index (χ3v) is 6.57. The van der Waals surface area contributed by atoms with Gasteiger partial charge in [-0.2, -0.15) is 0 Å². The number of fused-ring (bicyclic) bond motifs is 3. The molecule has 0 saturated carbocycles. The van der Waals surface area contributed by atoms with Gasteiger partial charge >= 0.3 is 0 Å². The van der Waals surface area contributed by atoms with Crippen molar-refractivity contribution in [1.29, 1.82) is 0 Å². The Morgan fingerprint density at radius 3 is 2.50 bits per heavy atom. The van der Waals surface area contributed by atoms with Gasteiger partial charge in [-0.15, -0.1) is 0 Å². The maximum atomic E-state index is 13.5. The molecule has 1 atom stereocenters. The van der Waals surface area contributed by atoms with Crippen LogP contribution in [-0.4, -0.2) is 26.5 Å². The van der Waals surface area contributed by atoms with Gasteiger partial charge in [-0.1, -0.05) is 6.92 Å². The zero-order chi connectivity index (χ0) is 18.5. The minimum absolute atomic E-state index is 0.0289. The second-order valence-electron chi connectivity index (χ2n) is 6.69. The molecule has 7 heteroatoms. The average molecular weight is 376 g/mol. The molecule has 1 unspecified atom stereocenters. The number of aromatic amines is 1. The maximum Gasteiger partial charge on any atom is 0.206 e. The number of H-pyrrole nitrogens is 1. The molecule has 0 aliphatic carbocycles. The molecule has 4 nitrogen and oxygen atoms in total. The van der Waals surface area contributed by atoms with E-state index in [2.05, 4.69) is 17.2 Å². The van der Waals surface area contributed by atoms with Crippen molar-refractivity contribution in [3.05, 3.63) is 59.3 Å². The van der Waals surface area contributed by atoms with Crippen molar-refractivity contribution in [3.63, 3.8) is 0 Å². The topological polar surface area (TPSA) is 62.0 Å². The summed E-state index contributed by atoms with van der Waals surface area (Å²) in [4.78, 5) is 3.01. The lowest BCUT2D eigenvalue weighted by Gasteiger charge is -2.10. The minimum atomic E-state index is -4.02. The van der Waals surface area contributed by atoms with E-state index in [1.807, 2.05) is 0 Å². The summed E-state index contributed by atoms with van der Waals surface area (Å²) < 4.78 is 52.7. The van der Waals surface area contributed by atoms with Crippen LogP contribution in [0.4, 0.5) is 8.78 Å². The summed E-state index contributed by atoms with van der Waals surface area (Å²) >= 11 is 0. The first-order valence-corrected chi connectivity index (χ1v) is 9.91. The largest absolute Gasteiger partial charge is 0.358 e. The SMILES string of the molecule is CC1CNCCc2[nH]c3ccc(S(=O)(=O)c4cc(F)cc(F)c4)cc3c21. The molecule has 0 fully saturated rings. The Balaban J connectivity index is 1.89. The quantitative estimate of drug-likeness (QED) is 0.719. The van der Waals surface area contributed by atoms with Gasteiger partial charge in [-0.3, -0.25) is 0 Å². The predicted molar refractivity (Wildman–Crippen MR) is 95.1 cm³/mol. The summed E-state index contributed by atoms with van der Waals surface area (Å²) in [6.07, 6.45) is 0.839. The third-order valence-electron chi connectivity index (χ3n) is 4.84. The number of hydrogen-bond donors (Lipinski definition) is 2. The summed E-state index contributed by atoms with van der Waals surface area (Å²) in [5.41, 5.74) is 3.07. The molecular formula is C19H18F2N2O2S. The van der Waals surface area contributed by atoms with Crippen molar-refractivity contribution in [2.75, 3.05) is 13.1 Å². The van der Waals surface area contributed by atoms with Crippen molar-refractivity contribution in [2.45, 2.75) is 29.1 Å². The van der Waals surface area contributed by atoms with E-state index >= 15 is 0 Å². The molecule has 2 heterocycles. The van der Waals surface area contributed by atoms with Gasteiger partial charge in [0.25, 0.3) is 0 Å². The predicted octanol–water partition coefficient (Wildman–Crippen LogP) is 3.53. The number of sulfone groups is 1. The summed E-state index contributed by atoms with van der Waals surface area (Å²) in [6.45, 7) is 3.76. The van der Waals surface area contributed by atoms with Crippen molar-refractivity contribution < 1.29 is 17.2 Å². The molecule has 1 aromatic heterocycles. The van der Waals surface area contributed by atoms with Crippen LogP contribution in [0.5, 0.6) is 0 Å². The van der Waals surface area contributed by atoms with Crippen LogP contribution in [0, 0.1) is 11.6 Å². The number of rotatable bonds is 2. The molecule has 0 radical (unpaired) electrons. The van der Waals surface area contributed by atoms with Crippen LogP contribution in [0.15, 0.2) is 46.2 Å². The molecule has 136 valence electrons. The zero-order valence-corrected chi connectivity index (χ0v) is 15.0. The van der Waals surface area contributed by atoms with E-state index in [0.717, 1.165) is 53.8 Å². The highest BCUT2D eigenvalue weighted by Crippen LogP contribution is 2.33. The highest BCUT2D eigenvalue weighted by molar-refractivity contribution is 7.91. The van der Waals surface area contributed by atoms with Crippen LogP contribution >= 0.6 is 0 Å². The number of hydrogen-bond acceptors (Lipinski definition) is 3. The second-order valence-corrected chi connectivity index (χ2v) is 8.64. The monoisotopic (exact) mass is 376 g/mol. The Hall–Kier alpha value is -2.25.